The molecule has 1 amide bonds. The second-order valence-electron chi connectivity index (χ2n) is 4.66. The van der Waals surface area contributed by atoms with E-state index in [9.17, 15) is 9.59 Å². The minimum absolute atomic E-state index is 0.0755. The molecule has 5 nitrogen and oxygen atoms in total. The Bertz CT molecular complexity index is 497. The Morgan fingerprint density at radius 3 is 2.84 bits per heavy atom. The van der Waals surface area contributed by atoms with E-state index >= 15 is 0 Å². The summed E-state index contributed by atoms with van der Waals surface area (Å²) < 4.78 is 5.28. The zero-order chi connectivity index (χ0) is 14.0. The molecule has 19 heavy (non-hydrogen) atoms. The molecule has 1 unspecified atom stereocenters. The third-order valence-corrected chi connectivity index (χ3v) is 4.43. The lowest BCUT2D eigenvalue weighted by molar-refractivity contribution is -0.139. The first kappa shape index (κ1) is 14.0. The number of amides is 1. The fraction of sp³-hybridized carbons (Fsp3) is 0.538. The summed E-state index contributed by atoms with van der Waals surface area (Å²) in [6, 6.07) is -0.377. The zero-order valence-electron chi connectivity index (χ0n) is 11.0. The van der Waals surface area contributed by atoms with Crippen molar-refractivity contribution >= 4 is 23.2 Å². The standard InChI is InChI=1S/C13H17NO4S/c1-8-9(2)19-7-11(8)13(17)14-3-4-18-6-10(14)5-12(15)16/h7,10H,3-6H2,1-2H3,(H,15,16). The highest BCUT2D eigenvalue weighted by atomic mass is 32.1. The quantitative estimate of drug-likeness (QED) is 0.916. The first-order valence-electron chi connectivity index (χ1n) is 6.16. The summed E-state index contributed by atoms with van der Waals surface area (Å²) in [5, 5.41) is 10.8. The van der Waals surface area contributed by atoms with Crippen molar-refractivity contribution in [2.24, 2.45) is 0 Å². The van der Waals surface area contributed by atoms with Gasteiger partial charge in [-0.25, -0.2) is 0 Å². The number of thiophene rings is 1. The molecule has 1 N–H and O–H groups in total. The van der Waals surface area contributed by atoms with Crippen molar-refractivity contribution in [1.29, 1.82) is 0 Å². The van der Waals surface area contributed by atoms with E-state index in [-0.39, 0.29) is 18.4 Å². The number of morpholine rings is 1. The summed E-state index contributed by atoms with van der Waals surface area (Å²) >= 11 is 1.54. The molecule has 0 bridgehead atoms. The van der Waals surface area contributed by atoms with Gasteiger partial charge >= 0.3 is 5.97 Å². The third kappa shape index (κ3) is 2.96. The second-order valence-corrected chi connectivity index (χ2v) is 5.74. The summed E-state index contributed by atoms with van der Waals surface area (Å²) in [7, 11) is 0. The van der Waals surface area contributed by atoms with Gasteiger partial charge in [0.25, 0.3) is 5.91 Å². The maximum Gasteiger partial charge on any atom is 0.305 e. The lowest BCUT2D eigenvalue weighted by atomic mass is 10.1. The Hall–Kier alpha value is -1.40. The maximum absolute atomic E-state index is 12.5. The number of aliphatic carboxylic acids is 1. The Morgan fingerprint density at radius 1 is 1.53 bits per heavy atom. The maximum atomic E-state index is 12.5. The number of carboxylic acids is 1. The predicted octanol–water partition coefficient (Wildman–Crippen LogP) is 1.68. The Labute approximate surface area is 115 Å². The van der Waals surface area contributed by atoms with Gasteiger partial charge in [-0.15, -0.1) is 11.3 Å². The summed E-state index contributed by atoms with van der Waals surface area (Å²) in [5.74, 6) is -0.997. The fourth-order valence-corrected chi connectivity index (χ4v) is 3.03. The van der Waals surface area contributed by atoms with E-state index in [0.29, 0.717) is 25.3 Å². The van der Waals surface area contributed by atoms with Gasteiger partial charge in [0.15, 0.2) is 0 Å². The van der Waals surface area contributed by atoms with Crippen LogP contribution in [-0.4, -0.2) is 47.7 Å². The van der Waals surface area contributed by atoms with Crippen LogP contribution in [0.1, 0.15) is 27.2 Å². The smallest absolute Gasteiger partial charge is 0.305 e. The van der Waals surface area contributed by atoms with Gasteiger partial charge in [-0.3, -0.25) is 9.59 Å². The number of carbonyl (C=O) groups excluding carboxylic acids is 1. The fourth-order valence-electron chi connectivity index (χ4n) is 2.17. The van der Waals surface area contributed by atoms with Crippen molar-refractivity contribution in [1.82, 2.24) is 4.90 Å². The molecule has 6 heteroatoms. The van der Waals surface area contributed by atoms with Gasteiger partial charge in [-0.05, 0) is 19.4 Å². The summed E-state index contributed by atoms with van der Waals surface area (Å²) in [5.41, 5.74) is 1.66. The molecule has 0 spiro atoms. The highest BCUT2D eigenvalue weighted by molar-refractivity contribution is 7.10. The van der Waals surface area contributed by atoms with Crippen molar-refractivity contribution in [3.05, 3.63) is 21.4 Å². The molecule has 1 aromatic heterocycles. The van der Waals surface area contributed by atoms with Gasteiger partial charge in [-0.2, -0.15) is 0 Å². The molecule has 1 saturated heterocycles. The number of nitrogens with zero attached hydrogens (tertiary/aromatic N) is 1. The lowest BCUT2D eigenvalue weighted by Crippen LogP contribution is -2.49. The van der Waals surface area contributed by atoms with E-state index in [1.807, 2.05) is 19.2 Å². The van der Waals surface area contributed by atoms with Crippen LogP contribution in [0.3, 0.4) is 0 Å². The molecule has 0 aliphatic carbocycles. The van der Waals surface area contributed by atoms with Gasteiger partial charge in [0.05, 0.1) is 31.2 Å². The average molecular weight is 283 g/mol. The molecule has 104 valence electrons. The van der Waals surface area contributed by atoms with E-state index in [1.54, 1.807) is 16.2 Å². The first-order valence-corrected chi connectivity index (χ1v) is 7.04. The topological polar surface area (TPSA) is 66.8 Å². The molecule has 1 atom stereocenters. The van der Waals surface area contributed by atoms with Crippen LogP contribution in [-0.2, 0) is 9.53 Å². The summed E-state index contributed by atoms with van der Waals surface area (Å²) in [6.07, 6.45) is -0.0755. The van der Waals surface area contributed by atoms with Crippen LogP contribution in [0.25, 0.3) is 0 Å². The van der Waals surface area contributed by atoms with Crippen molar-refractivity contribution in [3.63, 3.8) is 0 Å². The highest BCUT2D eigenvalue weighted by Gasteiger charge is 2.30. The molecule has 0 saturated carbocycles. The van der Waals surface area contributed by atoms with Gasteiger partial charge in [-0.1, -0.05) is 0 Å². The molecule has 1 aliphatic heterocycles. The predicted molar refractivity (Wildman–Crippen MR) is 71.7 cm³/mol. The van der Waals surface area contributed by atoms with Crippen LogP contribution in [0.4, 0.5) is 0 Å². The van der Waals surface area contributed by atoms with Gasteiger partial charge in [0.1, 0.15) is 0 Å². The number of hydrogen-bond acceptors (Lipinski definition) is 4. The molecule has 2 rings (SSSR count). The summed E-state index contributed by atoms with van der Waals surface area (Å²) in [6.45, 7) is 5.10. The van der Waals surface area contributed by atoms with Gasteiger partial charge in [0.2, 0.25) is 0 Å². The van der Waals surface area contributed by atoms with E-state index in [2.05, 4.69) is 0 Å². The molecule has 1 fully saturated rings. The third-order valence-electron chi connectivity index (χ3n) is 3.41. The minimum Gasteiger partial charge on any atom is -0.481 e. The number of ether oxygens (including phenoxy) is 1. The first-order chi connectivity index (χ1) is 9.00. The second kappa shape index (κ2) is 5.71. The Balaban J connectivity index is 2.20. The monoisotopic (exact) mass is 283 g/mol. The van der Waals surface area contributed by atoms with Crippen LogP contribution < -0.4 is 0 Å². The van der Waals surface area contributed by atoms with Crippen molar-refractivity contribution in [2.45, 2.75) is 26.3 Å². The minimum atomic E-state index is -0.911. The van der Waals surface area contributed by atoms with E-state index < -0.39 is 5.97 Å². The van der Waals surface area contributed by atoms with E-state index in [0.717, 1.165) is 10.4 Å². The van der Waals surface area contributed by atoms with Crippen LogP contribution in [0.2, 0.25) is 0 Å². The van der Waals surface area contributed by atoms with E-state index in [4.69, 9.17) is 9.84 Å². The van der Waals surface area contributed by atoms with Crippen molar-refractivity contribution in [2.75, 3.05) is 19.8 Å². The van der Waals surface area contributed by atoms with Crippen molar-refractivity contribution < 1.29 is 19.4 Å². The van der Waals surface area contributed by atoms with Crippen LogP contribution in [0.15, 0.2) is 5.38 Å². The van der Waals surface area contributed by atoms with Gasteiger partial charge < -0.3 is 14.7 Å². The molecule has 2 heterocycles. The number of hydrogen-bond donors (Lipinski definition) is 1. The number of carbonyl (C=O) groups is 2. The average Bonchev–Trinajstić information content (AvgIpc) is 2.69. The van der Waals surface area contributed by atoms with Crippen LogP contribution >= 0.6 is 11.3 Å². The molecular weight excluding hydrogens is 266 g/mol. The molecular formula is C13H17NO4S. The normalized spacial score (nSPS) is 19.5. The van der Waals surface area contributed by atoms with Crippen LogP contribution in [0, 0.1) is 13.8 Å². The largest absolute Gasteiger partial charge is 0.481 e. The SMILES string of the molecule is Cc1scc(C(=O)N2CCOCC2CC(=O)O)c1C. The highest BCUT2D eigenvalue weighted by Crippen LogP contribution is 2.24. The van der Waals surface area contributed by atoms with Crippen molar-refractivity contribution in [3.8, 4) is 0 Å². The molecule has 1 aliphatic rings. The van der Waals surface area contributed by atoms with E-state index in [1.165, 1.54) is 0 Å². The van der Waals surface area contributed by atoms with Gasteiger partial charge in [0, 0.05) is 16.8 Å². The van der Waals surface area contributed by atoms with Crippen LogP contribution in [0.5, 0.6) is 0 Å². The number of carboxylic acid groups (broad SMARTS) is 1. The Kier molecular flexibility index (Phi) is 4.21. The Morgan fingerprint density at radius 2 is 2.26 bits per heavy atom. The zero-order valence-corrected chi connectivity index (χ0v) is 11.8. The molecule has 0 aromatic carbocycles. The summed E-state index contributed by atoms with van der Waals surface area (Å²) in [4.78, 5) is 26.1. The number of rotatable bonds is 3. The lowest BCUT2D eigenvalue weighted by Gasteiger charge is -2.34. The molecule has 0 radical (unpaired) electrons. The molecule has 1 aromatic rings. The number of aryl methyl sites for hydroxylation is 1.